The predicted molar refractivity (Wildman–Crippen MR) is 78.2 cm³/mol. The van der Waals surface area contributed by atoms with Crippen molar-refractivity contribution in [2.24, 2.45) is 0 Å². The quantitative estimate of drug-likeness (QED) is 0.939. The second kappa shape index (κ2) is 5.15. The Kier molecular flexibility index (Phi) is 3.13. The second-order valence-corrected chi connectivity index (χ2v) is 6.07. The standard InChI is InChI=1S/C15H18N4O3/c20-15(21)18-5-1-2-11(7-18)22-13-6-14-17-16-9-19(14)8-12(13)10-3-4-10/h6,8-11H,1-5,7H2,(H,20,21). The molecule has 116 valence electrons. The van der Waals surface area contributed by atoms with Gasteiger partial charge < -0.3 is 14.7 Å². The maximum absolute atomic E-state index is 11.1. The molecule has 2 fully saturated rings. The molecule has 2 aliphatic rings. The Hall–Kier alpha value is -2.31. The molecule has 1 aliphatic heterocycles. The third kappa shape index (κ3) is 2.47. The number of rotatable bonds is 3. The number of fused-ring (bicyclic) bond motifs is 1. The minimum absolute atomic E-state index is 0.0901. The van der Waals surface area contributed by atoms with E-state index in [0.717, 1.165) is 24.2 Å². The third-order valence-electron chi connectivity index (χ3n) is 4.38. The van der Waals surface area contributed by atoms with E-state index in [4.69, 9.17) is 9.84 Å². The third-order valence-corrected chi connectivity index (χ3v) is 4.38. The molecule has 0 spiro atoms. The molecule has 1 atom stereocenters. The van der Waals surface area contributed by atoms with Gasteiger partial charge in [0.25, 0.3) is 0 Å². The molecule has 0 aromatic carbocycles. The van der Waals surface area contributed by atoms with Crippen LogP contribution in [0.15, 0.2) is 18.6 Å². The van der Waals surface area contributed by atoms with Gasteiger partial charge in [0, 0.05) is 24.4 Å². The zero-order valence-corrected chi connectivity index (χ0v) is 12.2. The number of hydrogen-bond donors (Lipinski definition) is 1. The van der Waals surface area contributed by atoms with Crippen molar-refractivity contribution in [3.05, 3.63) is 24.2 Å². The van der Waals surface area contributed by atoms with Crippen LogP contribution in [0.2, 0.25) is 0 Å². The zero-order valence-electron chi connectivity index (χ0n) is 12.2. The number of likely N-dealkylation sites (tertiary alicyclic amines) is 1. The highest BCUT2D eigenvalue weighted by atomic mass is 16.5. The first-order valence-corrected chi connectivity index (χ1v) is 7.68. The topological polar surface area (TPSA) is 80.0 Å². The van der Waals surface area contributed by atoms with E-state index in [1.807, 2.05) is 16.7 Å². The molecule has 1 saturated heterocycles. The van der Waals surface area contributed by atoms with Gasteiger partial charge in [-0.3, -0.25) is 4.40 Å². The highest BCUT2D eigenvalue weighted by Crippen LogP contribution is 2.44. The lowest BCUT2D eigenvalue weighted by Crippen LogP contribution is -2.43. The Morgan fingerprint density at radius 2 is 2.23 bits per heavy atom. The van der Waals surface area contributed by atoms with Crippen molar-refractivity contribution >= 4 is 11.7 Å². The van der Waals surface area contributed by atoms with Crippen molar-refractivity contribution in [3.63, 3.8) is 0 Å². The van der Waals surface area contributed by atoms with Crippen LogP contribution >= 0.6 is 0 Å². The number of amides is 1. The largest absolute Gasteiger partial charge is 0.488 e. The van der Waals surface area contributed by atoms with Gasteiger partial charge >= 0.3 is 6.09 Å². The number of carbonyl (C=O) groups is 1. The van der Waals surface area contributed by atoms with Crippen LogP contribution in [0.4, 0.5) is 4.79 Å². The van der Waals surface area contributed by atoms with Gasteiger partial charge in [0.15, 0.2) is 5.65 Å². The summed E-state index contributed by atoms with van der Waals surface area (Å²) in [6.45, 7) is 1.02. The van der Waals surface area contributed by atoms with Gasteiger partial charge in [-0.15, -0.1) is 10.2 Å². The Bertz CT molecular complexity index is 710. The lowest BCUT2D eigenvalue weighted by molar-refractivity contribution is 0.0787. The Morgan fingerprint density at radius 3 is 3.00 bits per heavy atom. The van der Waals surface area contributed by atoms with E-state index in [-0.39, 0.29) is 6.10 Å². The fraction of sp³-hybridized carbons (Fsp3) is 0.533. The van der Waals surface area contributed by atoms with E-state index >= 15 is 0 Å². The summed E-state index contributed by atoms with van der Waals surface area (Å²) >= 11 is 0. The van der Waals surface area contributed by atoms with Crippen LogP contribution in [0.25, 0.3) is 5.65 Å². The lowest BCUT2D eigenvalue weighted by Gasteiger charge is -2.31. The molecule has 1 amide bonds. The summed E-state index contributed by atoms with van der Waals surface area (Å²) in [6, 6.07) is 1.92. The first-order chi connectivity index (χ1) is 10.7. The maximum atomic E-state index is 11.1. The molecule has 0 radical (unpaired) electrons. The van der Waals surface area contributed by atoms with Crippen LogP contribution in [-0.2, 0) is 0 Å². The first-order valence-electron chi connectivity index (χ1n) is 7.68. The van der Waals surface area contributed by atoms with Crippen LogP contribution in [0, 0.1) is 0 Å². The van der Waals surface area contributed by atoms with Crippen LogP contribution in [-0.4, -0.2) is 49.9 Å². The van der Waals surface area contributed by atoms with Crippen molar-refractivity contribution < 1.29 is 14.6 Å². The average molecular weight is 302 g/mol. The normalized spacial score (nSPS) is 22.0. The van der Waals surface area contributed by atoms with E-state index in [2.05, 4.69) is 10.2 Å². The fourth-order valence-corrected chi connectivity index (χ4v) is 3.06. The number of ether oxygens (including phenoxy) is 1. The van der Waals surface area contributed by atoms with E-state index in [0.29, 0.717) is 19.0 Å². The number of hydrogen-bond acceptors (Lipinski definition) is 4. The molecule has 4 rings (SSSR count). The second-order valence-electron chi connectivity index (χ2n) is 6.07. The number of aromatic nitrogens is 3. The summed E-state index contributed by atoms with van der Waals surface area (Å²) in [5, 5.41) is 17.1. The zero-order chi connectivity index (χ0) is 15.1. The van der Waals surface area contributed by atoms with Gasteiger partial charge in [0.1, 0.15) is 18.2 Å². The van der Waals surface area contributed by atoms with E-state index in [9.17, 15) is 4.79 Å². The number of carboxylic acid groups (broad SMARTS) is 1. The molecule has 7 nitrogen and oxygen atoms in total. The van der Waals surface area contributed by atoms with E-state index in [1.165, 1.54) is 23.3 Å². The van der Waals surface area contributed by atoms with Crippen molar-refractivity contribution in [2.75, 3.05) is 13.1 Å². The Morgan fingerprint density at radius 1 is 1.36 bits per heavy atom. The minimum Gasteiger partial charge on any atom is -0.488 e. The summed E-state index contributed by atoms with van der Waals surface area (Å²) in [7, 11) is 0. The summed E-state index contributed by atoms with van der Waals surface area (Å²) in [5.41, 5.74) is 1.94. The summed E-state index contributed by atoms with van der Waals surface area (Å²) in [5.74, 6) is 1.38. The van der Waals surface area contributed by atoms with Crippen LogP contribution in [0.1, 0.15) is 37.2 Å². The fourth-order valence-electron chi connectivity index (χ4n) is 3.06. The van der Waals surface area contributed by atoms with Crippen molar-refractivity contribution in [1.29, 1.82) is 0 Å². The predicted octanol–water partition coefficient (Wildman–Crippen LogP) is 2.13. The summed E-state index contributed by atoms with van der Waals surface area (Å²) in [6.07, 6.45) is 6.84. The lowest BCUT2D eigenvalue weighted by atomic mass is 10.1. The van der Waals surface area contributed by atoms with Crippen molar-refractivity contribution in [1.82, 2.24) is 19.5 Å². The molecular formula is C15H18N4O3. The Balaban J connectivity index is 1.60. The number of piperidine rings is 1. The molecule has 1 aliphatic carbocycles. The maximum Gasteiger partial charge on any atom is 0.407 e. The van der Waals surface area contributed by atoms with Gasteiger partial charge in [-0.05, 0) is 31.6 Å². The number of nitrogens with zero attached hydrogens (tertiary/aromatic N) is 4. The van der Waals surface area contributed by atoms with Crippen LogP contribution in [0.5, 0.6) is 5.75 Å². The van der Waals surface area contributed by atoms with Crippen molar-refractivity contribution in [2.45, 2.75) is 37.7 Å². The minimum atomic E-state index is -0.872. The molecular weight excluding hydrogens is 284 g/mol. The molecule has 1 N–H and O–H groups in total. The SMILES string of the molecule is O=C(O)N1CCCC(Oc2cc3nncn3cc2C2CC2)C1. The van der Waals surface area contributed by atoms with E-state index in [1.54, 1.807) is 6.33 Å². The van der Waals surface area contributed by atoms with Crippen molar-refractivity contribution in [3.8, 4) is 5.75 Å². The molecule has 0 bridgehead atoms. The van der Waals surface area contributed by atoms with Gasteiger partial charge in [0.2, 0.25) is 0 Å². The van der Waals surface area contributed by atoms with E-state index < -0.39 is 6.09 Å². The van der Waals surface area contributed by atoms with Crippen LogP contribution < -0.4 is 4.74 Å². The first kappa shape index (κ1) is 13.4. The molecule has 2 aromatic heterocycles. The smallest absolute Gasteiger partial charge is 0.407 e. The average Bonchev–Trinajstić information content (AvgIpc) is 3.26. The van der Waals surface area contributed by atoms with Gasteiger partial charge in [-0.25, -0.2) is 4.79 Å². The molecule has 2 aromatic rings. The molecule has 7 heteroatoms. The molecule has 22 heavy (non-hydrogen) atoms. The summed E-state index contributed by atoms with van der Waals surface area (Å²) < 4.78 is 8.07. The number of pyridine rings is 1. The Labute approximate surface area is 127 Å². The summed E-state index contributed by atoms with van der Waals surface area (Å²) in [4.78, 5) is 12.6. The van der Waals surface area contributed by atoms with Gasteiger partial charge in [-0.1, -0.05) is 0 Å². The van der Waals surface area contributed by atoms with Gasteiger partial charge in [0.05, 0.1) is 6.54 Å². The van der Waals surface area contributed by atoms with Crippen LogP contribution in [0.3, 0.4) is 0 Å². The molecule has 1 unspecified atom stereocenters. The molecule has 1 saturated carbocycles. The molecule has 3 heterocycles. The highest BCUT2D eigenvalue weighted by molar-refractivity contribution is 5.65. The highest BCUT2D eigenvalue weighted by Gasteiger charge is 2.30. The van der Waals surface area contributed by atoms with Gasteiger partial charge in [-0.2, -0.15) is 0 Å². The monoisotopic (exact) mass is 302 g/mol.